The van der Waals surface area contributed by atoms with Crippen molar-refractivity contribution in [3.05, 3.63) is 0 Å². The number of carbonyl (C=O) groups excluding carboxylic acids is 2. The number of carboxylic acid groups (broad SMARTS) is 1. The minimum Gasteiger partial charge on any atom is -0.550 e. The number of hydrogen-bond acceptors (Lipinski definition) is 3. The van der Waals surface area contributed by atoms with E-state index in [9.17, 15) is 14.7 Å². The van der Waals surface area contributed by atoms with E-state index in [1.807, 2.05) is 20.8 Å². The van der Waals surface area contributed by atoms with Crippen LogP contribution in [0.3, 0.4) is 0 Å². The SMILES string of the molecule is CC(C)(C)C(=O)CCCC(=O)[O-]. The largest absolute Gasteiger partial charge is 0.550 e. The lowest BCUT2D eigenvalue weighted by molar-refractivity contribution is -0.305. The first-order valence-electron chi connectivity index (χ1n) is 4.07. The Balaban J connectivity index is 3.66. The molecule has 0 amide bonds. The Hall–Kier alpha value is -0.860. The van der Waals surface area contributed by atoms with Crippen LogP contribution in [0.4, 0.5) is 0 Å². The average molecular weight is 171 g/mol. The minimum absolute atomic E-state index is 0.0260. The monoisotopic (exact) mass is 171 g/mol. The molecule has 3 heteroatoms. The molecule has 3 nitrogen and oxygen atoms in total. The average Bonchev–Trinajstić information content (AvgIpc) is 1.84. The molecule has 0 spiro atoms. The lowest BCUT2D eigenvalue weighted by atomic mass is 9.88. The second kappa shape index (κ2) is 4.24. The van der Waals surface area contributed by atoms with Crippen molar-refractivity contribution in [3.63, 3.8) is 0 Å². The lowest BCUT2D eigenvalue weighted by Crippen LogP contribution is -2.23. The Morgan fingerprint density at radius 1 is 1.17 bits per heavy atom. The van der Waals surface area contributed by atoms with Crippen LogP contribution in [-0.2, 0) is 9.59 Å². The fourth-order valence-electron chi connectivity index (χ4n) is 0.768. The van der Waals surface area contributed by atoms with Gasteiger partial charge in [0.15, 0.2) is 0 Å². The molecule has 0 aliphatic heterocycles. The summed E-state index contributed by atoms with van der Waals surface area (Å²) in [5.41, 5.74) is -0.355. The Kier molecular flexibility index (Phi) is 3.93. The number of ketones is 1. The Labute approximate surface area is 72.8 Å². The number of Topliss-reactive ketones (excluding diaryl/α,β-unsaturated/α-hetero) is 1. The van der Waals surface area contributed by atoms with Gasteiger partial charge in [-0.05, 0) is 12.8 Å². The van der Waals surface area contributed by atoms with Gasteiger partial charge >= 0.3 is 0 Å². The molecule has 12 heavy (non-hydrogen) atoms. The zero-order valence-electron chi connectivity index (χ0n) is 7.85. The number of carbonyl (C=O) groups is 2. The van der Waals surface area contributed by atoms with Crippen molar-refractivity contribution in [1.82, 2.24) is 0 Å². The van der Waals surface area contributed by atoms with Crippen molar-refractivity contribution >= 4 is 11.8 Å². The van der Waals surface area contributed by atoms with Crippen molar-refractivity contribution in [2.24, 2.45) is 5.41 Å². The number of aliphatic carboxylic acids is 1. The van der Waals surface area contributed by atoms with Gasteiger partial charge in [-0.15, -0.1) is 0 Å². The van der Waals surface area contributed by atoms with Crippen molar-refractivity contribution in [3.8, 4) is 0 Å². The number of carboxylic acids is 1. The molecule has 0 N–H and O–H groups in total. The third kappa shape index (κ3) is 4.88. The van der Waals surface area contributed by atoms with E-state index >= 15 is 0 Å². The van der Waals surface area contributed by atoms with E-state index in [-0.39, 0.29) is 17.6 Å². The predicted molar refractivity (Wildman–Crippen MR) is 43.3 cm³/mol. The second-order valence-electron chi connectivity index (χ2n) is 3.90. The molecule has 0 aromatic heterocycles. The maximum absolute atomic E-state index is 11.2. The Morgan fingerprint density at radius 2 is 1.67 bits per heavy atom. The van der Waals surface area contributed by atoms with E-state index in [0.717, 1.165) is 0 Å². The number of hydrogen-bond donors (Lipinski definition) is 0. The molecule has 0 fully saturated rings. The summed E-state index contributed by atoms with van der Waals surface area (Å²) in [7, 11) is 0. The Morgan fingerprint density at radius 3 is 2.00 bits per heavy atom. The maximum Gasteiger partial charge on any atom is 0.138 e. The van der Waals surface area contributed by atoms with Crippen molar-refractivity contribution in [2.75, 3.05) is 0 Å². The smallest absolute Gasteiger partial charge is 0.138 e. The van der Waals surface area contributed by atoms with E-state index in [1.165, 1.54) is 0 Å². The van der Waals surface area contributed by atoms with Crippen LogP contribution in [0, 0.1) is 5.41 Å². The summed E-state index contributed by atoms with van der Waals surface area (Å²) in [6, 6.07) is 0. The predicted octanol–water partition coefficient (Wildman–Crippen LogP) is 0.522. The van der Waals surface area contributed by atoms with Crippen LogP contribution in [0.5, 0.6) is 0 Å². The molecule has 0 saturated carbocycles. The molecule has 0 heterocycles. The highest BCUT2D eigenvalue weighted by molar-refractivity contribution is 5.83. The van der Waals surface area contributed by atoms with Crippen LogP contribution < -0.4 is 5.11 Å². The normalized spacial score (nSPS) is 11.2. The zero-order chi connectivity index (χ0) is 9.78. The van der Waals surface area contributed by atoms with Crippen molar-refractivity contribution in [2.45, 2.75) is 40.0 Å². The summed E-state index contributed by atoms with van der Waals surface area (Å²) in [5, 5.41) is 10.0. The molecule has 0 aromatic rings. The van der Waals surface area contributed by atoms with E-state index in [1.54, 1.807) is 0 Å². The minimum atomic E-state index is -1.09. The molecule has 0 atom stereocenters. The van der Waals surface area contributed by atoms with Crippen molar-refractivity contribution in [1.29, 1.82) is 0 Å². The first-order chi connectivity index (χ1) is 5.34. The molecule has 0 unspecified atom stereocenters. The van der Waals surface area contributed by atoms with Gasteiger partial charge in [0.25, 0.3) is 0 Å². The van der Waals surface area contributed by atoms with Crippen LogP contribution in [0.15, 0.2) is 0 Å². The summed E-state index contributed by atoms with van der Waals surface area (Å²) in [6.07, 6.45) is 0.692. The van der Waals surface area contributed by atoms with E-state index in [0.29, 0.717) is 12.8 Å². The van der Waals surface area contributed by atoms with Gasteiger partial charge in [-0.25, -0.2) is 0 Å². The first-order valence-corrected chi connectivity index (χ1v) is 4.07. The summed E-state index contributed by atoms with van der Waals surface area (Å²) in [5.74, 6) is -0.986. The van der Waals surface area contributed by atoms with Gasteiger partial charge in [-0.3, -0.25) is 4.79 Å². The highest BCUT2D eigenvalue weighted by Gasteiger charge is 2.19. The van der Waals surface area contributed by atoms with Gasteiger partial charge in [0.2, 0.25) is 0 Å². The van der Waals surface area contributed by atoms with Crippen LogP contribution >= 0.6 is 0 Å². The van der Waals surface area contributed by atoms with Gasteiger partial charge in [0.1, 0.15) is 5.78 Å². The number of rotatable bonds is 4. The lowest BCUT2D eigenvalue weighted by Gasteiger charge is -2.16. The van der Waals surface area contributed by atoms with Crippen LogP contribution in [0.1, 0.15) is 40.0 Å². The topological polar surface area (TPSA) is 57.2 Å². The quantitative estimate of drug-likeness (QED) is 0.619. The highest BCUT2D eigenvalue weighted by atomic mass is 16.4. The van der Waals surface area contributed by atoms with Crippen LogP contribution in [-0.4, -0.2) is 11.8 Å². The zero-order valence-corrected chi connectivity index (χ0v) is 7.85. The molecule has 0 aromatic carbocycles. The van der Waals surface area contributed by atoms with E-state index in [4.69, 9.17) is 0 Å². The highest BCUT2D eigenvalue weighted by Crippen LogP contribution is 2.17. The molecule has 0 aliphatic carbocycles. The second-order valence-corrected chi connectivity index (χ2v) is 3.90. The van der Waals surface area contributed by atoms with Crippen LogP contribution in [0.25, 0.3) is 0 Å². The summed E-state index contributed by atoms with van der Waals surface area (Å²) >= 11 is 0. The fraction of sp³-hybridized carbons (Fsp3) is 0.778. The first kappa shape index (κ1) is 11.1. The molecular weight excluding hydrogens is 156 g/mol. The Bertz CT molecular complexity index is 177. The molecule has 70 valence electrons. The van der Waals surface area contributed by atoms with Gasteiger partial charge in [0.05, 0.1) is 0 Å². The van der Waals surface area contributed by atoms with Gasteiger partial charge in [-0.1, -0.05) is 20.8 Å². The molecule has 0 bridgehead atoms. The summed E-state index contributed by atoms with van der Waals surface area (Å²) < 4.78 is 0. The third-order valence-electron chi connectivity index (χ3n) is 1.62. The molecule has 0 rings (SSSR count). The third-order valence-corrected chi connectivity index (χ3v) is 1.62. The molecule has 0 saturated heterocycles. The fourth-order valence-corrected chi connectivity index (χ4v) is 0.768. The summed E-state index contributed by atoms with van der Waals surface area (Å²) in [4.78, 5) is 21.2. The molecule has 0 radical (unpaired) electrons. The van der Waals surface area contributed by atoms with Crippen molar-refractivity contribution < 1.29 is 14.7 Å². The maximum atomic E-state index is 11.2. The van der Waals surface area contributed by atoms with Gasteiger partial charge in [-0.2, -0.15) is 0 Å². The van der Waals surface area contributed by atoms with E-state index in [2.05, 4.69) is 0 Å². The van der Waals surface area contributed by atoms with Gasteiger partial charge < -0.3 is 9.90 Å². The molecule has 0 aliphatic rings. The van der Waals surface area contributed by atoms with Gasteiger partial charge in [0, 0.05) is 17.8 Å². The molecular formula is C9H15O3-. The van der Waals surface area contributed by atoms with E-state index < -0.39 is 5.97 Å². The van der Waals surface area contributed by atoms with Crippen LogP contribution in [0.2, 0.25) is 0 Å². The standard InChI is InChI=1S/C9H16O3/c1-9(2,3)7(10)5-4-6-8(11)12/h4-6H2,1-3H3,(H,11,12)/p-1. The summed E-state index contributed by atoms with van der Waals surface area (Å²) in [6.45, 7) is 5.48.